The summed E-state index contributed by atoms with van der Waals surface area (Å²) in [5.74, 6) is 0.473. The second-order valence-corrected chi connectivity index (χ2v) is 15.4. The fourth-order valence-electron chi connectivity index (χ4n) is 6.37. The number of aromatic nitrogens is 2. The molecule has 2 atom stereocenters. The number of nitrogens with two attached hydrogens (primary N) is 1. The highest BCUT2D eigenvalue weighted by atomic mass is 16.5. The molecule has 5 N–H and O–H groups in total. The Labute approximate surface area is 326 Å². The maximum Gasteiger partial charge on any atom is 0.303 e. The van der Waals surface area contributed by atoms with E-state index in [0.29, 0.717) is 23.7 Å². The highest BCUT2D eigenvalue weighted by molar-refractivity contribution is 5.97. The van der Waals surface area contributed by atoms with E-state index in [1.807, 2.05) is 73.1 Å². The normalized spacial score (nSPS) is 14.6. The van der Waals surface area contributed by atoms with Crippen LogP contribution >= 0.6 is 0 Å². The van der Waals surface area contributed by atoms with Crippen molar-refractivity contribution in [1.82, 2.24) is 20.6 Å². The largest absolute Gasteiger partial charge is 0.494 e. The van der Waals surface area contributed by atoms with Crippen LogP contribution in [0.3, 0.4) is 0 Å². The SMILES string of the molecule is CCCCCCCOc1ccc(-c2cnc(-c3ccc(CC(NC(=O)c4ccc(C(C)(C)C)cc4)C(N)=O)cc3)nc2)cc1.O=C(O)CCC1CCCNC1. The van der Waals surface area contributed by atoms with Gasteiger partial charge in [0.1, 0.15) is 11.8 Å². The molecule has 0 aliphatic carbocycles. The average Bonchev–Trinajstić information content (AvgIpc) is 3.19. The Balaban J connectivity index is 0.000000525. The van der Waals surface area contributed by atoms with Crippen LogP contribution < -0.4 is 21.1 Å². The van der Waals surface area contributed by atoms with E-state index in [9.17, 15) is 14.4 Å². The molecule has 294 valence electrons. The summed E-state index contributed by atoms with van der Waals surface area (Å²) in [6.45, 7) is 11.4. The molecule has 3 aromatic carbocycles. The molecule has 10 heteroatoms. The number of rotatable bonds is 17. The molecule has 1 aliphatic heterocycles. The topological polar surface area (TPSA) is 157 Å². The van der Waals surface area contributed by atoms with Gasteiger partial charge in [0.2, 0.25) is 5.91 Å². The minimum absolute atomic E-state index is 0.0152. The summed E-state index contributed by atoms with van der Waals surface area (Å²) in [4.78, 5) is 44.4. The number of aliphatic carboxylic acids is 1. The van der Waals surface area contributed by atoms with Gasteiger partial charge in [0.15, 0.2) is 5.82 Å². The number of carboxylic acids is 1. The number of piperidine rings is 1. The Kier molecular flexibility index (Phi) is 16.8. The van der Waals surface area contributed by atoms with E-state index < -0.39 is 17.9 Å². The average molecular weight is 750 g/mol. The first-order valence-corrected chi connectivity index (χ1v) is 19.7. The predicted octanol–water partition coefficient (Wildman–Crippen LogP) is 8.13. The lowest BCUT2D eigenvalue weighted by Gasteiger charge is -2.21. The number of carboxylic acid groups (broad SMARTS) is 1. The van der Waals surface area contributed by atoms with Gasteiger partial charge < -0.3 is 26.2 Å². The number of ether oxygens (including phenoxy) is 1. The van der Waals surface area contributed by atoms with E-state index in [1.54, 1.807) is 12.1 Å². The monoisotopic (exact) mass is 749 g/mol. The molecule has 55 heavy (non-hydrogen) atoms. The fraction of sp³-hybridized carbons (Fsp3) is 0.444. The van der Waals surface area contributed by atoms with Gasteiger partial charge >= 0.3 is 5.97 Å². The van der Waals surface area contributed by atoms with Crippen molar-refractivity contribution in [1.29, 1.82) is 0 Å². The molecular formula is C45H59N5O5. The third kappa shape index (κ3) is 14.6. The van der Waals surface area contributed by atoms with Crippen LogP contribution in [0.2, 0.25) is 0 Å². The molecule has 4 aromatic rings. The van der Waals surface area contributed by atoms with Gasteiger partial charge in [-0.15, -0.1) is 0 Å². The zero-order chi connectivity index (χ0) is 39.6. The zero-order valence-electron chi connectivity index (χ0n) is 33.0. The summed E-state index contributed by atoms with van der Waals surface area (Å²) in [5.41, 5.74) is 10.9. The predicted molar refractivity (Wildman–Crippen MR) is 219 cm³/mol. The van der Waals surface area contributed by atoms with E-state index in [0.717, 1.165) is 66.1 Å². The van der Waals surface area contributed by atoms with Crippen molar-refractivity contribution in [3.63, 3.8) is 0 Å². The Hall–Kier alpha value is -5.09. The molecule has 0 spiro atoms. The van der Waals surface area contributed by atoms with Crippen molar-refractivity contribution in [2.24, 2.45) is 11.7 Å². The number of nitrogens with one attached hydrogen (secondary N) is 2. The highest BCUT2D eigenvalue weighted by Crippen LogP contribution is 2.25. The maximum atomic E-state index is 12.8. The molecule has 0 radical (unpaired) electrons. The molecule has 2 amide bonds. The van der Waals surface area contributed by atoms with E-state index >= 15 is 0 Å². The number of unbranched alkanes of at least 4 members (excludes halogenated alkanes) is 4. The number of carbonyl (C=O) groups is 3. The number of amides is 2. The fourth-order valence-corrected chi connectivity index (χ4v) is 6.37. The first-order chi connectivity index (χ1) is 26.4. The molecule has 0 saturated carbocycles. The van der Waals surface area contributed by atoms with Gasteiger partial charge in [0.25, 0.3) is 5.91 Å². The third-order valence-electron chi connectivity index (χ3n) is 9.84. The molecule has 1 saturated heterocycles. The number of carbonyl (C=O) groups excluding carboxylic acids is 2. The summed E-state index contributed by atoms with van der Waals surface area (Å²) >= 11 is 0. The Bertz CT molecular complexity index is 1760. The van der Waals surface area contributed by atoms with Crippen molar-refractivity contribution < 1.29 is 24.2 Å². The van der Waals surface area contributed by atoms with Gasteiger partial charge in [-0.3, -0.25) is 14.4 Å². The smallest absolute Gasteiger partial charge is 0.303 e. The Morgan fingerprint density at radius 2 is 1.55 bits per heavy atom. The summed E-state index contributed by atoms with van der Waals surface area (Å²) in [6, 6.07) is 22.2. The minimum Gasteiger partial charge on any atom is -0.494 e. The quantitative estimate of drug-likeness (QED) is 0.0789. The molecule has 5 rings (SSSR count). The van der Waals surface area contributed by atoms with Gasteiger partial charge in [0.05, 0.1) is 6.61 Å². The summed E-state index contributed by atoms with van der Waals surface area (Å²) < 4.78 is 5.88. The highest BCUT2D eigenvalue weighted by Gasteiger charge is 2.21. The molecule has 2 heterocycles. The lowest BCUT2D eigenvalue weighted by Crippen LogP contribution is -2.45. The number of primary amides is 1. The zero-order valence-corrected chi connectivity index (χ0v) is 33.0. The molecule has 10 nitrogen and oxygen atoms in total. The van der Waals surface area contributed by atoms with Crippen LogP contribution in [0.1, 0.15) is 107 Å². The van der Waals surface area contributed by atoms with Crippen LogP contribution in [0.4, 0.5) is 0 Å². The second-order valence-electron chi connectivity index (χ2n) is 15.4. The standard InChI is InChI=1S/C37H44N4O3.C8H15NO2/c1-5-6-7-8-9-22-44-32-20-16-27(17-21-32)30-24-39-35(40-25-30)28-12-10-26(11-13-28)23-33(34(38)42)41-36(43)29-14-18-31(19-15-29)37(2,3)4;10-8(11)4-3-7-2-1-5-9-6-7/h10-21,24-25,33H,5-9,22-23H2,1-4H3,(H2,38,42)(H,41,43);7,9H,1-6H2,(H,10,11). The number of nitrogens with zero attached hydrogens (tertiary/aromatic N) is 2. The maximum absolute atomic E-state index is 12.8. The van der Waals surface area contributed by atoms with Gasteiger partial charge in [0, 0.05) is 41.9 Å². The summed E-state index contributed by atoms with van der Waals surface area (Å²) in [7, 11) is 0. The molecule has 1 fully saturated rings. The van der Waals surface area contributed by atoms with Gasteiger partial charge in [-0.1, -0.05) is 102 Å². The first-order valence-electron chi connectivity index (χ1n) is 19.7. The molecule has 1 aromatic heterocycles. The van der Waals surface area contributed by atoms with Crippen LogP contribution in [0.15, 0.2) is 85.2 Å². The lowest BCUT2D eigenvalue weighted by atomic mass is 9.86. The van der Waals surface area contributed by atoms with Crippen molar-refractivity contribution >= 4 is 17.8 Å². The molecular weight excluding hydrogens is 691 g/mol. The number of hydrogen-bond acceptors (Lipinski definition) is 7. The first kappa shape index (κ1) is 42.6. The van der Waals surface area contributed by atoms with E-state index in [2.05, 4.69) is 48.3 Å². The van der Waals surface area contributed by atoms with Gasteiger partial charge in [-0.05, 0) is 91.1 Å². The van der Waals surface area contributed by atoms with Crippen molar-refractivity contribution in [2.45, 2.75) is 103 Å². The minimum atomic E-state index is -0.839. The van der Waals surface area contributed by atoms with Crippen molar-refractivity contribution in [3.05, 3.63) is 102 Å². The van der Waals surface area contributed by atoms with Crippen LogP contribution in [0.25, 0.3) is 22.5 Å². The Morgan fingerprint density at radius 3 is 2.13 bits per heavy atom. The van der Waals surface area contributed by atoms with Crippen LogP contribution in [-0.4, -0.2) is 58.6 Å². The van der Waals surface area contributed by atoms with Gasteiger partial charge in [-0.2, -0.15) is 0 Å². The van der Waals surface area contributed by atoms with Crippen molar-refractivity contribution in [3.8, 4) is 28.3 Å². The Morgan fingerprint density at radius 1 is 0.891 bits per heavy atom. The second kappa shape index (κ2) is 21.7. The lowest BCUT2D eigenvalue weighted by molar-refractivity contribution is -0.137. The summed E-state index contributed by atoms with van der Waals surface area (Å²) in [6.07, 6.45) is 13.5. The van der Waals surface area contributed by atoms with E-state index in [1.165, 1.54) is 38.5 Å². The summed E-state index contributed by atoms with van der Waals surface area (Å²) in [5, 5.41) is 14.5. The molecule has 0 bridgehead atoms. The van der Waals surface area contributed by atoms with Crippen LogP contribution in [0.5, 0.6) is 5.75 Å². The van der Waals surface area contributed by atoms with Gasteiger partial charge in [-0.25, -0.2) is 9.97 Å². The molecule has 1 aliphatic rings. The molecule has 2 unspecified atom stereocenters. The van der Waals surface area contributed by atoms with Crippen molar-refractivity contribution in [2.75, 3.05) is 19.7 Å². The van der Waals surface area contributed by atoms with E-state index in [4.69, 9.17) is 15.6 Å². The number of benzene rings is 3. The van der Waals surface area contributed by atoms with Crippen LogP contribution in [0, 0.1) is 5.92 Å². The van der Waals surface area contributed by atoms with Crippen LogP contribution in [-0.2, 0) is 21.4 Å². The third-order valence-corrected chi connectivity index (χ3v) is 9.84. The number of hydrogen-bond donors (Lipinski definition) is 4. The van der Waals surface area contributed by atoms with E-state index in [-0.39, 0.29) is 17.7 Å².